The Labute approximate surface area is 54.4 Å². The van der Waals surface area contributed by atoms with E-state index < -0.39 is 0 Å². The van der Waals surface area contributed by atoms with Gasteiger partial charge in [0, 0.05) is 0 Å². The van der Waals surface area contributed by atoms with E-state index in [-0.39, 0.29) is 0 Å². The molecule has 1 aliphatic heterocycles. The third-order valence-electron chi connectivity index (χ3n) is 3.86. The SMILES string of the molecule is C1OC1C1C2C3CC3C12. The van der Waals surface area contributed by atoms with Crippen molar-refractivity contribution in [2.24, 2.45) is 29.6 Å². The number of fused-ring (bicyclic) bond motifs is 4. The van der Waals surface area contributed by atoms with Crippen molar-refractivity contribution in [2.45, 2.75) is 12.5 Å². The van der Waals surface area contributed by atoms with E-state index in [1.807, 2.05) is 0 Å². The lowest BCUT2D eigenvalue weighted by molar-refractivity contribution is 0.375. The number of ether oxygens (including phenoxy) is 1. The minimum atomic E-state index is 0.743. The Morgan fingerprint density at radius 1 is 1.00 bits per heavy atom. The van der Waals surface area contributed by atoms with Crippen molar-refractivity contribution in [3.05, 3.63) is 0 Å². The van der Waals surface area contributed by atoms with E-state index in [1.165, 1.54) is 23.7 Å². The van der Waals surface area contributed by atoms with Crippen molar-refractivity contribution < 1.29 is 4.74 Å². The van der Waals surface area contributed by atoms with Crippen molar-refractivity contribution in [3.63, 3.8) is 0 Å². The molecule has 1 nitrogen and oxygen atoms in total. The van der Waals surface area contributed by atoms with E-state index >= 15 is 0 Å². The monoisotopic (exact) mass is 122 g/mol. The molecule has 4 rings (SSSR count). The van der Waals surface area contributed by atoms with Gasteiger partial charge in [-0.25, -0.2) is 0 Å². The van der Waals surface area contributed by atoms with Gasteiger partial charge in [0.15, 0.2) is 0 Å². The molecule has 4 aliphatic rings. The molecule has 9 heavy (non-hydrogen) atoms. The van der Waals surface area contributed by atoms with Gasteiger partial charge < -0.3 is 4.74 Å². The molecular weight excluding hydrogens is 112 g/mol. The molecule has 1 heteroatoms. The Morgan fingerprint density at radius 2 is 1.67 bits per heavy atom. The summed E-state index contributed by atoms with van der Waals surface area (Å²) >= 11 is 0. The number of rotatable bonds is 1. The molecule has 1 saturated heterocycles. The predicted molar refractivity (Wildman–Crippen MR) is 31.8 cm³/mol. The summed E-state index contributed by atoms with van der Waals surface area (Å²) < 4.78 is 5.28. The van der Waals surface area contributed by atoms with Crippen LogP contribution in [-0.2, 0) is 4.74 Å². The standard InChI is InChI=1S/C8H10O/c1-3-4(1)7-6(3)8(7)5-2-9-5/h3-8H,1-2H2. The fourth-order valence-corrected chi connectivity index (χ4v) is 3.28. The second-order valence-corrected chi connectivity index (χ2v) is 4.17. The first-order chi connectivity index (χ1) is 4.47. The summed E-state index contributed by atoms with van der Waals surface area (Å²) in [5, 5.41) is 0. The smallest absolute Gasteiger partial charge is 0.0843 e. The lowest BCUT2D eigenvalue weighted by Crippen LogP contribution is -2.00. The van der Waals surface area contributed by atoms with Crippen LogP contribution in [0.3, 0.4) is 0 Å². The van der Waals surface area contributed by atoms with Crippen LogP contribution in [0.1, 0.15) is 6.42 Å². The molecular formula is C8H10O. The topological polar surface area (TPSA) is 12.5 Å². The van der Waals surface area contributed by atoms with Gasteiger partial charge >= 0.3 is 0 Å². The molecule has 5 unspecified atom stereocenters. The van der Waals surface area contributed by atoms with Crippen molar-refractivity contribution in [2.75, 3.05) is 6.61 Å². The maximum Gasteiger partial charge on any atom is 0.0843 e. The van der Waals surface area contributed by atoms with E-state index in [4.69, 9.17) is 4.74 Å². The number of hydrogen-bond acceptors (Lipinski definition) is 1. The van der Waals surface area contributed by atoms with Gasteiger partial charge in [0.1, 0.15) is 0 Å². The van der Waals surface area contributed by atoms with Crippen molar-refractivity contribution in [1.82, 2.24) is 0 Å². The fraction of sp³-hybridized carbons (Fsp3) is 1.00. The van der Waals surface area contributed by atoms with Gasteiger partial charge in [-0.2, -0.15) is 0 Å². The average molecular weight is 122 g/mol. The predicted octanol–water partition coefficient (Wildman–Crippen LogP) is 0.897. The molecule has 0 aromatic rings. The van der Waals surface area contributed by atoms with Crippen LogP contribution >= 0.6 is 0 Å². The van der Waals surface area contributed by atoms with Crippen LogP contribution in [0, 0.1) is 29.6 Å². The van der Waals surface area contributed by atoms with E-state index in [0.29, 0.717) is 0 Å². The lowest BCUT2D eigenvalue weighted by atomic mass is 10.0. The van der Waals surface area contributed by atoms with Crippen LogP contribution in [0.15, 0.2) is 0 Å². The van der Waals surface area contributed by atoms with Crippen LogP contribution in [0.2, 0.25) is 0 Å². The second-order valence-electron chi connectivity index (χ2n) is 4.17. The fourth-order valence-electron chi connectivity index (χ4n) is 3.28. The largest absolute Gasteiger partial charge is 0.373 e. The highest BCUT2D eigenvalue weighted by Gasteiger charge is 2.79. The van der Waals surface area contributed by atoms with E-state index in [2.05, 4.69) is 0 Å². The summed E-state index contributed by atoms with van der Waals surface area (Å²) in [6, 6.07) is 0. The summed E-state index contributed by atoms with van der Waals surface area (Å²) in [7, 11) is 0. The van der Waals surface area contributed by atoms with Gasteiger partial charge in [-0.15, -0.1) is 0 Å². The molecule has 0 bridgehead atoms. The summed E-state index contributed by atoms with van der Waals surface area (Å²) in [5.74, 6) is 5.80. The summed E-state index contributed by atoms with van der Waals surface area (Å²) in [4.78, 5) is 0. The van der Waals surface area contributed by atoms with Gasteiger partial charge in [-0.05, 0) is 36.0 Å². The van der Waals surface area contributed by atoms with Gasteiger partial charge in [-0.3, -0.25) is 0 Å². The summed E-state index contributed by atoms with van der Waals surface area (Å²) in [5.41, 5.74) is 0. The Morgan fingerprint density at radius 3 is 2.22 bits per heavy atom. The first-order valence-electron chi connectivity index (χ1n) is 4.08. The Bertz CT molecular complexity index is 171. The zero-order chi connectivity index (χ0) is 5.59. The zero-order valence-corrected chi connectivity index (χ0v) is 5.29. The minimum absolute atomic E-state index is 0.743. The van der Waals surface area contributed by atoms with Crippen LogP contribution in [0.5, 0.6) is 0 Å². The lowest BCUT2D eigenvalue weighted by Gasteiger charge is -2.03. The first-order valence-corrected chi connectivity index (χ1v) is 4.08. The molecule has 0 aromatic heterocycles. The molecule has 4 fully saturated rings. The van der Waals surface area contributed by atoms with Crippen molar-refractivity contribution in [3.8, 4) is 0 Å². The minimum Gasteiger partial charge on any atom is -0.373 e. The number of hydrogen-bond donors (Lipinski definition) is 0. The number of epoxide rings is 1. The third kappa shape index (κ3) is 0.295. The molecule has 5 atom stereocenters. The molecule has 0 aromatic carbocycles. The normalized spacial score (nSPS) is 80.0. The summed E-state index contributed by atoms with van der Waals surface area (Å²) in [6.45, 7) is 1.09. The second kappa shape index (κ2) is 0.878. The van der Waals surface area contributed by atoms with Gasteiger partial charge in [0.05, 0.1) is 12.7 Å². The Hall–Kier alpha value is -0.0400. The Kier molecular flexibility index (Phi) is 0.387. The van der Waals surface area contributed by atoms with Gasteiger partial charge in [0.2, 0.25) is 0 Å². The molecule has 0 amide bonds. The maximum absolute atomic E-state index is 5.28. The highest BCUT2D eigenvalue weighted by Crippen LogP contribution is 2.81. The van der Waals surface area contributed by atoms with E-state index in [0.717, 1.165) is 18.6 Å². The quantitative estimate of drug-likeness (QED) is 0.471. The van der Waals surface area contributed by atoms with Crippen LogP contribution in [0.25, 0.3) is 0 Å². The zero-order valence-electron chi connectivity index (χ0n) is 5.29. The molecule has 3 aliphatic carbocycles. The van der Waals surface area contributed by atoms with Crippen LogP contribution in [0.4, 0.5) is 0 Å². The van der Waals surface area contributed by atoms with E-state index in [1.54, 1.807) is 6.42 Å². The highest BCUT2D eigenvalue weighted by atomic mass is 16.6. The molecule has 0 spiro atoms. The van der Waals surface area contributed by atoms with Crippen LogP contribution < -0.4 is 0 Å². The maximum atomic E-state index is 5.28. The molecule has 0 N–H and O–H groups in total. The third-order valence-corrected chi connectivity index (χ3v) is 3.86. The van der Waals surface area contributed by atoms with Crippen LogP contribution in [-0.4, -0.2) is 12.7 Å². The molecule has 1 heterocycles. The van der Waals surface area contributed by atoms with Crippen molar-refractivity contribution >= 4 is 0 Å². The van der Waals surface area contributed by atoms with Crippen molar-refractivity contribution in [1.29, 1.82) is 0 Å². The molecule has 0 radical (unpaired) electrons. The van der Waals surface area contributed by atoms with E-state index in [9.17, 15) is 0 Å². The average Bonchev–Trinajstić information content (AvgIpc) is 2.56. The highest BCUT2D eigenvalue weighted by molar-refractivity contribution is 5.26. The summed E-state index contributed by atoms with van der Waals surface area (Å²) in [6.07, 6.45) is 2.33. The Balaban J connectivity index is 1.66. The van der Waals surface area contributed by atoms with Gasteiger partial charge in [-0.1, -0.05) is 0 Å². The first kappa shape index (κ1) is 3.97. The molecule has 48 valence electrons. The molecule has 3 saturated carbocycles. The van der Waals surface area contributed by atoms with Gasteiger partial charge in [0.25, 0.3) is 0 Å².